The number of nitrogens with one attached hydrogen (secondary N) is 1. The largest absolute Gasteiger partial charge is 0.372 e. The second kappa shape index (κ2) is 3.57. The van der Waals surface area contributed by atoms with Crippen LogP contribution in [0.4, 0.5) is 11.4 Å². The Hall–Kier alpha value is -1.51. The first-order chi connectivity index (χ1) is 7.15. The molecule has 0 spiro atoms. The van der Waals surface area contributed by atoms with Crippen molar-refractivity contribution >= 4 is 17.3 Å². The minimum atomic E-state index is -0.0794. The summed E-state index contributed by atoms with van der Waals surface area (Å²) < 4.78 is 0. The lowest BCUT2D eigenvalue weighted by molar-refractivity contribution is -0.119. The Morgan fingerprint density at radius 1 is 1.47 bits per heavy atom. The summed E-state index contributed by atoms with van der Waals surface area (Å²) in [4.78, 5) is 13.7. The van der Waals surface area contributed by atoms with E-state index >= 15 is 0 Å². The Balaban J connectivity index is 2.50. The van der Waals surface area contributed by atoms with Gasteiger partial charge in [0.25, 0.3) is 0 Å². The van der Waals surface area contributed by atoms with E-state index in [1.807, 2.05) is 39.1 Å². The summed E-state index contributed by atoms with van der Waals surface area (Å²) in [6.45, 7) is 4.04. The monoisotopic (exact) mass is 204 g/mol. The highest BCUT2D eigenvalue weighted by Gasteiger charge is 2.29. The van der Waals surface area contributed by atoms with Gasteiger partial charge in [-0.1, -0.05) is 19.1 Å². The predicted molar refractivity (Wildman–Crippen MR) is 62.3 cm³/mol. The molecule has 0 radical (unpaired) electrons. The van der Waals surface area contributed by atoms with E-state index in [2.05, 4.69) is 5.32 Å². The molecule has 3 nitrogen and oxygen atoms in total. The summed E-state index contributed by atoms with van der Waals surface area (Å²) in [5, 5.41) is 3.28. The number of fused-ring (bicyclic) bond motifs is 1. The van der Waals surface area contributed by atoms with Gasteiger partial charge in [-0.05, 0) is 25.0 Å². The minimum absolute atomic E-state index is 0.0794. The van der Waals surface area contributed by atoms with E-state index in [0.717, 1.165) is 23.4 Å². The highest BCUT2D eigenvalue weighted by Crippen LogP contribution is 2.33. The van der Waals surface area contributed by atoms with E-state index in [-0.39, 0.29) is 11.9 Å². The van der Waals surface area contributed by atoms with E-state index < -0.39 is 0 Å². The van der Waals surface area contributed by atoms with Crippen molar-refractivity contribution in [3.63, 3.8) is 0 Å². The molecule has 1 atom stereocenters. The van der Waals surface area contributed by atoms with Crippen LogP contribution in [0.25, 0.3) is 0 Å². The highest BCUT2D eigenvalue weighted by atomic mass is 16.2. The number of benzene rings is 1. The fourth-order valence-electron chi connectivity index (χ4n) is 2.09. The molecule has 0 aliphatic carbocycles. The van der Waals surface area contributed by atoms with Crippen molar-refractivity contribution in [1.82, 2.24) is 0 Å². The SMILES string of the molecule is CCC1Nc2cccc(C)c2N(C)C1=O. The molecular weight excluding hydrogens is 188 g/mol. The fraction of sp³-hybridized carbons (Fsp3) is 0.417. The standard InChI is InChI=1S/C12H16N2O/c1-4-9-12(15)14(3)11-8(2)6-5-7-10(11)13-9/h5-7,9,13H,4H2,1-3H3. The molecule has 1 heterocycles. The molecule has 0 aromatic heterocycles. The zero-order valence-corrected chi connectivity index (χ0v) is 9.37. The molecule has 80 valence electrons. The quantitative estimate of drug-likeness (QED) is 0.760. The van der Waals surface area contributed by atoms with Gasteiger partial charge in [0.2, 0.25) is 5.91 Å². The topological polar surface area (TPSA) is 32.3 Å². The maximum atomic E-state index is 11.9. The maximum absolute atomic E-state index is 11.9. The summed E-state index contributed by atoms with van der Waals surface area (Å²) in [6.07, 6.45) is 0.816. The number of nitrogens with zero attached hydrogens (tertiary/aromatic N) is 1. The lowest BCUT2D eigenvalue weighted by Crippen LogP contribution is -2.45. The van der Waals surface area contributed by atoms with Crippen LogP contribution in [-0.4, -0.2) is 19.0 Å². The molecule has 0 bridgehead atoms. The average molecular weight is 204 g/mol. The van der Waals surface area contributed by atoms with Crippen molar-refractivity contribution in [2.24, 2.45) is 0 Å². The van der Waals surface area contributed by atoms with Gasteiger partial charge in [-0.15, -0.1) is 0 Å². The number of carbonyl (C=O) groups is 1. The van der Waals surface area contributed by atoms with Crippen LogP contribution in [0.3, 0.4) is 0 Å². The van der Waals surface area contributed by atoms with Crippen molar-refractivity contribution in [2.75, 3.05) is 17.3 Å². The van der Waals surface area contributed by atoms with E-state index in [0.29, 0.717) is 0 Å². The number of aryl methyl sites for hydroxylation is 1. The van der Waals surface area contributed by atoms with Gasteiger partial charge in [0, 0.05) is 7.05 Å². The number of anilines is 2. The molecule has 1 amide bonds. The van der Waals surface area contributed by atoms with Gasteiger partial charge in [0.1, 0.15) is 6.04 Å². The van der Waals surface area contributed by atoms with Crippen molar-refractivity contribution in [3.05, 3.63) is 23.8 Å². The van der Waals surface area contributed by atoms with Crippen molar-refractivity contribution in [1.29, 1.82) is 0 Å². The molecule has 1 N–H and O–H groups in total. The van der Waals surface area contributed by atoms with Crippen molar-refractivity contribution < 1.29 is 4.79 Å². The second-order valence-electron chi connectivity index (χ2n) is 3.97. The molecule has 1 aliphatic heterocycles. The van der Waals surface area contributed by atoms with Crippen molar-refractivity contribution in [3.8, 4) is 0 Å². The molecule has 1 aromatic carbocycles. The Morgan fingerprint density at radius 3 is 2.87 bits per heavy atom. The van der Waals surface area contributed by atoms with Crippen LogP contribution in [0.2, 0.25) is 0 Å². The number of hydrogen-bond acceptors (Lipinski definition) is 2. The first-order valence-corrected chi connectivity index (χ1v) is 5.29. The molecule has 0 saturated heterocycles. The van der Waals surface area contributed by atoms with E-state index in [1.54, 1.807) is 4.90 Å². The van der Waals surface area contributed by atoms with Gasteiger partial charge < -0.3 is 10.2 Å². The zero-order valence-electron chi connectivity index (χ0n) is 9.37. The molecule has 1 unspecified atom stereocenters. The van der Waals surface area contributed by atoms with Crippen LogP contribution in [-0.2, 0) is 4.79 Å². The number of hydrogen-bond donors (Lipinski definition) is 1. The Bertz CT molecular complexity index is 401. The lowest BCUT2D eigenvalue weighted by Gasteiger charge is -2.33. The van der Waals surface area contributed by atoms with Crippen LogP contribution in [0.15, 0.2) is 18.2 Å². The number of likely N-dealkylation sites (N-methyl/N-ethyl adjacent to an activating group) is 1. The number of rotatable bonds is 1. The molecule has 2 rings (SSSR count). The fourth-order valence-corrected chi connectivity index (χ4v) is 2.09. The molecule has 1 aromatic rings. The van der Waals surface area contributed by atoms with Gasteiger partial charge in [0.15, 0.2) is 0 Å². The van der Waals surface area contributed by atoms with E-state index in [4.69, 9.17) is 0 Å². The van der Waals surface area contributed by atoms with Crippen LogP contribution in [0.5, 0.6) is 0 Å². The first-order valence-electron chi connectivity index (χ1n) is 5.29. The van der Waals surface area contributed by atoms with E-state index in [1.165, 1.54) is 0 Å². The third-order valence-corrected chi connectivity index (χ3v) is 2.94. The minimum Gasteiger partial charge on any atom is -0.372 e. The summed E-state index contributed by atoms with van der Waals surface area (Å²) in [7, 11) is 1.84. The molecule has 0 fully saturated rings. The molecule has 1 aliphatic rings. The normalized spacial score (nSPS) is 19.8. The van der Waals surface area contributed by atoms with E-state index in [9.17, 15) is 4.79 Å². The average Bonchev–Trinajstić information content (AvgIpc) is 2.23. The summed E-state index contributed by atoms with van der Waals surface area (Å²) in [5.41, 5.74) is 3.20. The van der Waals surface area contributed by atoms with Crippen LogP contribution in [0, 0.1) is 6.92 Å². The van der Waals surface area contributed by atoms with Crippen LogP contribution >= 0.6 is 0 Å². The second-order valence-corrected chi connectivity index (χ2v) is 3.97. The summed E-state index contributed by atoms with van der Waals surface area (Å²) >= 11 is 0. The summed E-state index contributed by atoms with van der Waals surface area (Å²) in [6, 6.07) is 5.98. The van der Waals surface area contributed by atoms with Gasteiger partial charge in [-0.25, -0.2) is 0 Å². The molecule has 15 heavy (non-hydrogen) atoms. The van der Waals surface area contributed by atoms with Crippen LogP contribution < -0.4 is 10.2 Å². The number of amides is 1. The van der Waals surface area contributed by atoms with Gasteiger partial charge in [-0.3, -0.25) is 4.79 Å². The number of carbonyl (C=O) groups excluding carboxylic acids is 1. The third-order valence-electron chi connectivity index (χ3n) is 2.94. The van der Waals surface area contributed by atoms with Gasteiger partial charge >= 0.3 is 0 Å². The third kappa shape index (κ3) is 1.48. The molecule has 0 saturated carbocycles. The predicted octanol–water partition coefficient (Wildman–Crippen LogP) is 2.16. The maximum Gasteiger partial charge on any atom is 0.249 e. The lowest BCUT2D eigenvalue weighted by atomic mass is 10.0. The number of para-hydroxylation sites is 1. The van der Waals surface area contributed by atoms with Gasteiger partial charge in [-0.2, -0.15) is 0 Å². The molecular formula is C12H16N2O. The Morgan fingerprint density at radius 2 is 2.20 bits per heavy atom. The zero-order chi connectivity index (χ0) is 11.0. The van der Waals surface area contributed by atoms with Gasteiger partial charge in [0.05, 0.1) is 11.4 Å². The Kier molecular flexibility index (Phi) is 2.39. The summed E-state index contributed by atoms with van der Waals surface area (Å²) in [5.74, 6) is 0.152. The molecule has 3 heteroatoms. The highest BCUT2D eigenvalue weighted by molar-refractivity contribution is 6.05. The smallest absolute Gasteiger partial charge is 0.249 e. The Labute approximate surface area is 90.1 Å². The first kappa shape index (κ1) is 10.0. The van der Waals surface area contributed by atoms with Crippen molar-refractivity contribution in [2.45, 2.75) is 26.3 Å². The van der Waals surface area contributed by atoms with Crippen LogP contribution in [0.1, 0.15) is 18.9 Å².